The zero-order valence-corrected chi connectivity index (χ0v) is 19.5. The molecule has 6 rings (SSSR count). The summed E-state index contributed by atoms with van der Waals surface area (Å²) in [6.07, 6.45) is 4.29. The number of fused-ring (bicyclic) bond motifs is 3. The van der Waals surface area contributed by atoms with Crippen molar-refractivity contribution in [2.45, 2.75) is 13.5 Å². The third kappa shape index (κ3) is 3.50. The molecule has 0 amide bonds. The van der Waals surface area contributed by atoms with Gasteiger partial charge in [0.25, 0.3) is 0 Å². The predicted molar refractivity (Wildman–Crippen MR) is 133 cm³/mol. The van der Waals surface area contributed by atoms with Gasteiger partial charge in [-0.15, -0.1) is 0 Å². The Balaban J connectivity index is 1.30. The molecule has 0 N–H and O–H groups in total. The second-order valence-electron chi connectivity index (χ2n) is 8.10. The van der Waals surface area contributed by atoms with Crippen LogP contribution in [0.15, 0.2) is 91.3 Å². The van der Waals surface area contributed by atoms with Gasteiger partial charge in [-0.05, 0) is 0 Å². The molecule has 0 saturated carbocycles. The van der Waals surface area contributed by atoms with Crippen LogP contribution in [-0.4, -0.2) is 36.0 Å². The van der Waals surface area contributed by atoms with Gasteiger partial charge in [0, 0.05) is 0 Å². The van der Waals surface area contributed by atoms with Crippen LogP contribution in [0.4, 0.5) is 5.69 Å². The first kappa shape index (κ1) is 19.3. The molecule has 156 valence electrons. The maximum absolute atomic E-state index is 5.06. The van der Waals surface area contributed by atoms with Crippen LogP contribution in [0.1, 0.15) is 11.4 Å². The predicted octanol–water partition coefficient (Wildman–Crippen LogP) is 5.57. The third-order valence-corrected chi connectivity index (χ3v) is 8.24. The molecule has 5 heteroatoms. The van der Waals surface area contributed by atoms with Gasteiger partial charge in [0.2, 0.25) is 0 Å². The molecule has 0 fully saturated rings. The quantitative estimate of drug-likeness (QED) is 0.315. The molecule has 0 atom stereocenters. The molecule has 2 aromatic carbocycles. The fraction of sp³-hybridized carbons (Fsp3) is 0.111. The normalized spacial score (nSPS) is 13.5. The number of aryl methyl sites for hydroxylation is 1. The molecular formula is C27H22N4Se. The van der Waals surface area contributed by atoms with E-state index in [1.807, 2.05) is 6.07 Å². The Kier molecular flexibility index (Phi) is 4.79. The van der Waals surface area contributed by atoms with Gasteiger partial charge in [0.05, 0.1) is 0 Å². The average molecular weight is 481 g/mol. The van der Waals surface area contributed by atoms with Crippen molar-refractivity contribution in [3.05, 3.63) is 103 Å². The van der Waals surface area contributed by atoms with Crippen molar-refractivity contribution in [1.29, 1.82) is 0 Å². The van der Waals surface area contributed by atoms with E-state index in [9.17, 15) is 0 Å². The zero-order valence-electron chi connectivity index (χ0n) is 17.8. The van der Waals surface area contributed by atoms with Crippen molar-refractivity contribution < 1.29 is 0 Å². The Morgan fingerprint density at radius 2 is 1.69 bits per heavy atom. The van der Waals surface area contributed by atoms with Gasteiger partial charge in [-0.3, -0.25) is 0 Å². The monoisotopic (exact) mass is 482 g/mol. The first-order valence-electron chi connectivity index (χ1n) is 10.7. The van der Waals surface area contributed by atoms with Crippen LogP contribution in [0.2, 0.25) is 0 Å². The standard InChI is InChI=1S/C27H22N4Se/c1-19-13-14-23-22-10-6-11-24(26(22)32-27(23)28-19)25-12-5-7-20(29-25)17-30-15-16-31(18-30)21-8-3-2-4-9-21/h2-16H,17-18H2,1H3. The number of nitrogens with zero attached hydrogens (tertiary/aromatic N) is 4. The van der Waals surface area contributed by atoms with Crippen molar-refractivity contribution in [2.75, 3.05) is 11.6 Å². The Hall–Kier alpha value is -3.40. The number of para-hydroxylation sites is 1. The van der Waals surface area contributed by atoms with Crippen LogP contribution < -0.4 is 4.90 Å². The van der Waals surface area contributed by atoms with Crippen LogP contribution in [0.5, 0.6) is 0 Å². The van der Waals surface area contributed by atoms with Crippen LogP contribution in [0.3, 0.4) is 0 Å². The van der Waals surface area contributed by atoms with Gasteiger partial charge in [0.1, 0.15) is 0 Å². The van der Waals surface area contributed by atoms with E-state index in [1.165, 1.54) is 30.7 Å². The number of benzene rings is 2. The van der Waals surface area contributed by atoms with Gasteiger partial charge in [-0.2, -0.15) is 0 Å². The van der Waals surface area contributed by atoms with E-state index < -0.39 is 0 Å². The molecule has 5 aromatic rings. The summed E-state index contributed by atoms with van der Waals surface area (Å²) in [4.78, 5) is 14.4. The summed E-state index contributed by atoms with van der Waals surface area (Å²) >= 11 is 0.207. The molecule has 32 heavy (non-hydrogen) atoms. The summed E-state index contributed by atoms with van der Waals surface area (Å²) in [5, 5.41) is 2.60. The van der Waals surface area contributed by atoms with E-state index >= 15 is 0 Å². The minimum absolute atomic E-state index is 0.207. The summed E-state index contributed by atoms with van der Waals surface area (Å²) in [5.74, 6) is 0. The molecule has 4 heterocycles. The van der Waals surface area contributed by atoms with Crippen molar-refractivity contribution in [1.82, 2.24) is 14.9 Å². The fourth-order valence-corrected chi connectivity index (χ4v) is 6.86. The third-order valence-electron chi connectivity index (χ3n) is 5.83. The van der Waals surface area contributed by atoms with Crippen LogP contribution >= 0.6 is 0 Å². The van der Waals surface area contributed by atoms with E-state index in [4.69, 9.17) is 9.97 Å². The molecule has 4 nitrogen and oxygen atoms in total. The van der Waals surface area contributed by atoms with E-state index in [0.717, 1.165) is 30.3 Å². The summed E-state index contributed by atoms with van der Waals surface area (Å²) in [5.41, 5.74) is 5.66. The molecule has 0 unspecified atom stereocenters. The molecule has 0 aliphatic carbocycles. The Labute approximate surface area is 193 Å². The van der Waals surface area contributed by atoms with Gasteiger partial charge < -0.3 is 0 Å². The van der Waals surface area contributed by atoms with Gasteiger partial charge in [0.15, 0.2) is 0 Å². The average Bonchev–Trinajstić information content (AvgIpc) is 3.44. The van der Waals surface area contributed by atoms with Crippen LogP contribution in [-0.2, 0) is 6.54 Å². The number of anilines is 1. The minimum atomic E-state index is 0.207. The zero-order chi connectivity index (χ0) is 21.5. The van der Waals surface area contributed by atoms with Crippen molar-refractivity contribution in [3.8, 4) is 11.3 Å². The molecule has 1 aliphatic rings. The van der Waals surface area contributed by atoms with Gasteiger partial charge in [-0.25, -0.2) is 0 Å². The topological polar surface area (TPSA) is 32.3 Å². The molecule has 0 radical (unpaired) electrons. The molecule has 0 saturated heterocycles. The Bertz CT molecular complexity index is 1460. The molecule has 0 spiro atoms. The SMILES string of the molecule is Cc1ccc2c(n1)[se]c1c(-c3cccc(CN4C=CN(c5ccccc5)C4)n3)cccc12. The number of hydrogen-bond donors (Lipinski definition) is 0. The summed E-state index contributed by atoms with van der Waals surface area (Å²) in [6, 6.07) is 27.8. The Morgan fingerprint density at radius 3 is 2.59 bits per heavy atom. The number of pyridine rings is 2. The van der Waals surface area contributed by atoms with Crippen molar-refractivity contribution >= 4 is 39.6 Å². The molecule has 1 aliphatic heterocycles. The second kappa shape index (κ2) is 7.94. The van der Waals surface area contributed by atoms with Gasteiger partial charge >= 0.3 is 187 Å². The van der Waals surface area contributed by atoms with Crippen LogP contribution in [0, 0.1) is 6.92 Å². The Morgan fingerprint density at radius 1 is 0.812 bits per heavy atom. The van der Waals surface area contributed by atoms with E-state index in [1.54, 1.807) is 0 Å². The van der Waals surface area contributed by atoms with E-state index in [2.05, 4.69) is 102 Å². The molecular weight excluding hydrogens is 459 g/mol. The van der Waals surface area contributed by atoms with E-state index in [0.29, 0.717) is 0 Å². The maximum atomic E-state index is 5.06. The molecule has 3 aromatic heterocycles. The van der Waals surface area contributed by atoms with Crippen molar-refractivity contribution in [2.24, 2.45) is 0 Å². The van der Waals surface area contributed by atoms with Crippen molar-refractivity contribution in [3.63, 3.8) is 0 Å². The molecule has 0 bridgehead atoms. The first-order chi connectivity index (χ1) is 15.7. The van der Waals surface area contributed by atoms with Crippen LogP contribution in [0.25, 0.3) is 30.7 Å². The number of rotatable bonds is 4. The fourth-order valence-electron chi connectivity index (χ4n) is 4.25. The summed E-state index contributed by atoms with van der Waals surface area (Å²) in [6.45, 7) is 3.69. The van der Waals surface area contributed by atoms with Gasteiger partial charge in [-0.1, -0.05) is 6.07 Å². The number of aromatic nitrogens is 2. The summed E-state index contributed by atoms with van der Waals surface area (Å²) in [7, 11) is 0. The second-order valence-corrected chi connectivity index (χ2v) is 10.2. The summed E-state index contributed by atoms with van der Waals surface area (Å²) < 4.78 is 2.63. The number of hydrogen-bond acceptors (Lipinski definition) is 4. The van der Waals surface area contributed by atoms with E-state index in [-0.39, 0.29) is 14.5 Å². The first-order valence-corrected chi connectivity index (χ1v) is 12.5.